The van der Waals surface area contributed by atoms with Crippen molar-refractivity contribution < 1.29 is 19.1 Å². The molecule has 0 unspecified atom stereocenters. The van der Waals surface area contributed by atoms with Crippen molar-refractivity contribution >= 4 is 40.1 Å². The molecule has 0 saturated heterocycles. The number of amides is 1. The first-order chi connectivity index (χ1) is 19.0. The van der Waals surface area contributed by atoms with Gasteiger partial charge in [-0.2, -0.15) is 0 Å². The molecule has 1 amide bonds. The van der Waals surface area contributed by atoms with Crippen LogP contribution in [0.25, 0.3) is 10.9 Å². The molecule has 0 radical (unpaired) electrons. The lowest BCUT2D eigenvalue weighted by molar-refractivity contribution is -0.138. The summed E-state index contributed by atoms with van der Waals surface area (Å²) in [5, 5.41) is 6.58. The third-order valence-electron chi connectivity index (χ3n) is 5.50. The zero-order chi connectivity index (χ0) is 27.5. The number of esters is 1. The van der Waals surface area contributed by atoms with E-state index in [1.54, 1.807) is 12.3 Å². The van der Waals surface area contributed by atoms with Crippen LogP contribution < -0.4 is 15.4 Å². The average molecular weight is 527 g/mol. The third-order valence-corrected chi connectivity index (χ3v) is 5.50. The minimum atomic E-state index is -0.577. The fraction of sp³-hybridized carbons (Fsp3) is 0.207. The number of benzene rings is 2. The summed E-state index contributed by atoms with van der Waals surface area (Å²) >= 11 is 0. The molecule has 0 bridgehead atoms. The zero-order valence-corrected chi connectivity index (χ0v) is 21.8. The molecule has 0 aliphatic carbocycles. The Morgan fingerprint density at radius 2 is 1.77 bits per heavy atom. The van der Waals surface area contributed by atoms with Crippen molar-refractivity contribution in [1.29, 1.82) is 0 Å². The number of hydrogen-bond acceptors (Lipinski definition) is 9. The summed E-state index contributed by atoms with van der Waals surface area (Å²) in [4.78, 5) is 39.0. The first-order valence-corrected chi connectivity index (χ1v) is 12.4. The number of carbonyl (C=O) groups is 2. The number of anilines is 3. The largest absolute Gasteiger partial charge is 0.489 e. The highest BCUT2D eigenvalue weighted by Crippen LogP contribution is 2.26. The number of aromatic nitrogens is 3. The van der Waals surface area contributed by atoms with E-state index >= 15 is 0 Å². The van der Waals surface area contributed by atoms with Crippen molar-refractivity contribution in [3.63, 3.8) is 0 Å². The molecule has 39 heavy (non-hydrogen) atoms. The van der Waals surface area contributed by atoms with Crippen LogP contribution in [0.4, 0.5) is 17.3 Å². The summed E-state index contributed by atoms with van der Waals surface area (Å²) in [6.45, 7) is 1.58. The van der Waals surface area contributed by atoms with Crippen LogP contribution in [-0.2, 0) is 20.9 Å². The minimum Gasteiger partial charge on any atom is -0.489 e. The molecule has 0 aliphatic heterocycles. The van der Waals surface area contributed by atoms with Gasteiger partial charge in [-0.15, -0.1) is 0 Å². The van der Waals surface area contributed by atoms with Crippen molar-refractivity contribution in [3.05, 3.63) is 90.9 Å². The number of nitrogens with zero attached hydrogens (tertiary/aromatic N) is 4. The van der Waals surface area contributed by atoms with Gasteiger partial charge in [0.1, 0.15) is 30.3 Å². The first kappa shape index (κ1) is 27.2. The van der Waals surface area contributed by atoms with Crippen molar-refractivity contribution in [2.75, 3.05) is 37.9 Å². The highest BCUT2D eigenvalue weighted by Gasteiger charge is 2.09. The van der Waals surface area contributed by atoms with E-state index in [2.05, 4.69) is 25.6 Å². The van der Waals surface area contributed by atoms with Crippen LogP contribution in [0.15, 0.2) is 85.3 Å². The highest BCUT2D eigenvalue weighted by atomic mass is 16.5. The van der Waals surface area contributed by atoms with Gasteiger partial charge in [0, 0.05) is 29.8 Å². The Morgan fingerprint density at radius 3 is 2.54 bits per heavy atom. The van der Waals surface area contributed by atoms with E-state index in [0.29, 0.717) is 35.6 Å². The van der Waals surface area contributed by atoms with Crippen LogP contribution in [0.2, 0.25) is 0 Å². The first-order valence-electron chi connectivity index (χ1n) is 12.4. The van der Waals surface area contributed by atoms with E-state index in [4.69, 9.17) is 9.47 Å². The fourth-order valence-corrected chi connectivity index (χ4v) is 3.55. The molecular weight excluding hydrogens is 496 g/mol. The van der Waals surface area contributed by atoms with Crippen molar-refractivity contribution in [2.45, 2.75) is 13.0 Å². The van der Waals surface area contributed by atoms with Gasteiger partial charge < -0.3 is 25.0 Å². The summed E-state index contributed by atoms with van der Waals surface area (Å²) in [6.07, 6.45) is 5.90. The molecule has 0 saturated carbocycles. The number of hydrogen-bond donors (Lipinski definition) is 2. The van der Waals surface area contributed by atoms with E-state index < -0.39 is 11.9 Å². The molecule has 200 valence electrons. The van der Waals surface area contributed by atoms with Crippen LogP contribution in [-0.4, -0.2) is 59.0 Å². The summed E-state index contributed by atoms with van der Waals surface area (Å²) in [5.41, 5.74) is 2.50. The second-order valence-electron chi connectivity index (χ2n) is 8.88. The van der Waals surface area contributed by atoms with Gasteiger partial charge in [0.15, 0.2) is 0 Å². The van der Waals surface area contributed by atoms with Crippen LogP contribution in [0, 0.1) is 0 Å². The normalized spacial score (nSPS) is 11.1. The molecule has 10 heteroatoms. The van der Waals surface area contributed by atoms with Gasteiger partial charge in [0.05, 0.1) is 18.3 Å². The third kappa shape index (κ3) is 8.61. The maximum Gasteiger partial charge on any atom is 0.330 e. The smallest absolute Gasteiger partial charge is 0.330 e. The van der Waals surface area contributed by atoms with Gasteiger partial charge in [0.25, 0.3) is 0 Å². The molecule has 4 rings (SSSR count). The lowest BCUT2D eigenvalue weighted by Gasteiger charge is -2.11. The standard InChI is InChI=1S/C29H30N6O4/c1-35(2)15-6-16-38-28(37)14-13-27(36)34-26-17-24-25(18-30-26)31-20-32-29(24)33-22-9-11-23(12-10-22)39-19-21-7-4-3-5-8-21/h3-5,7-14,17-18,20H,6,15-16,19H2,1-2H3,(H,30,34,36)(H,31,32,33). The van der Waals surface area contributed by atoms with Crippen molar-refractivity contribution in [1.82, 2.24) is 19.9 Å². The van der Waals surface area contributed by atoms with Crippen molar-refractivity contribution in [3.8, 4) is 5.75 Å². The number of rotatable bonds is 12. The number of fused-ring (bicyclic) bond motifs is 1. The quantitative estimate of drug-likeness (QED) is 0.158. The van der Waals surface area contributed by atoms with Gasteiger partial charge in [-0.1, -0.05) is 30.3 Å². The van der Waals surface area contributed by atoms with Crippen LogP contribution in [0.5, 0.6) is 5.75 Å². The highest BCUT2D eigenvalue weighted by molar-refractivity contribution is 6.03. The van der Waals surface area contributed by atoms with Crippen LogP contribution in [0.3, 0.4) is 0 Å². The number of pyridine rings is 1. The van der Waals surface area contributed by atoms with E-state index in [1.165, 1.54) is 6.33 Å². The molecule has 2 N–H and O–H groups in total. The van der Waals surface area contributed by atoms with Gasteiger partial charge in [0.2, 0.25) is 5.91 Å². The molecular formula is C29H30N6O4. The fourth-order valence-electron chi connectivity index (χ4n) is 3.55. The lowest BCUT2D eigenvalue weighted by Crippen LogP contribution is -2.16. The van der Waals surface area contributed by atoms with Gasteiger partial charge >= 0.3 is 5.97 Å². The van der Waals surface area contributed by atoms with E-state index in [-0.39, 0.29) is 6.61 Å². The molecule has 10 nitrogen and oxygen atoms in total. The number of ether oxygens (including phenoxy) is 2. The Kier molecular flexibility index (Phi) is 9.52. The molecule has 0 fully saturated rings. The van der Waals surface area contributed by atoms with Gasteiger partial charge in [-0.3, -0.25) is 4.79 Å². The van der Waals surface area contributed by atoms with Gasteiger partial charge in [-0.05, 0) is 56.4 Å². The SMILES string of the molecule is CN(C)CCCOC(=O)C=CC(=O)Nc1cc2c(Nc3ccc(OCc4ccccc4)cc3)ncnc2cn1. The lowest BCUT2D eigenvalue weighted by atomic mass is 10.2. The van der Waals surface area contributed by atoms with Crippen LogP contribution in [0.1, 0.15) is 12.0 Å². The minimum absolute atomic E-state index is 0.286. The topological polar surface area (TPSA) is 119 Å². The summed E-state index contributed by atoms with van der Waals surface area (Å²) in [5.74, 6) is 0.500. The predicted octanol–water partition coefficient (Wildman–Crippen LogP) is 4.34. The maximum absolute atomic E-state index is 12.3. The Bertz CT molecular complexity index is 1430. The predicted molar refractivity (Wildman–Crippen MR) is 150 cm³/mol. The average Bonchev–Trinajstić information content (AvgIpc) is 2.94. The number of nitrogens with one attached hydrogen (secondary N) is 2. The van der Waals surface area contributed by atoms with E-state index in [9.17, 15) is 9.59 Å². The number of carbonyl (C=O) groups excluding carboxylic acids is 2. The second-order valence-corrected chi connectivity index (χ2v) is 8.88. The molecule has 2 heterocycles. The van der Waals surface area contributed by atoms with E-state index in [1.807, 2.05) is 73.6 Å². The monoisotopic (exact) mass is 526 g/mol. The molecule has 0 aliphatic rings. The van der Waals surface area contributed by atoms with Gasteiger partial charge in [-0.25, -0.2) is 19.7 Å². The molecule has 0 atom stereocenters. The zero-order valence-electron chi connectivity index (χ0n) is 21.8. The Labute approximate surface area is 226 Å². The molecule has 4 aromatic rings. The van der Waals surface area contributed by atoms with E-state index in [0.717, 1.165) is 35.7 Å². The second kappa shape index (κ2) is 13.6. The Hall–Kier alpha value is -4.83. The summed E-state index contributed by atoms with van der Waals surface area (Å²) in [6, 6.07) is 19.2. The molecule has 0 spiro atoms. The van der Waals surface area contributed by atoms with Crippen LogP contribution >= 0.6 is 0 Å². The molecule has 2 aromatic carbocycles. The molecule has 2 aromatic heterocycles. The Morgan fingerprint density at radius 1 is 0.974 bits per heavy atom. The Balaban J connectivity index is 1.35. The van der Waals surface area contributed by atoms with Crippen molar-refractivity contribution in [2.24, 2.45) is 0 Å². The maximum atomic E-state index is 12.3. The summed E-state index contributed by atoms with van der Waals surface area (Å²) in [7, 11) is 3.89. The summed E-state index contributed by atoms with van der Waals surface area (Å²) < 4.78 is 10.9.